The van der Waals surface area contributed by atoms with Gasteiger partial charge in [-0.05, 0) is 31.9 Å². The number of aliphatic carboxylic acids is 1. The van der Waals surface area contributed by atoms with Crippen LogP contribution >= 0.6 is 0 Å². The van der Waals surface area contributed by atoms with E-state index in [0.717, 1.165) is 23.2 Å². The maximum absolute atomic E-state index is 11.6. The molecule has 2 unspecified atom stereocenters. The van der Waals surface area contributed by atoms with E-state index in [2.05, 4.69) is 18.9 Å². The molecule has 1 N–H and O–H groups in total. The average Bonchev–Trinajstić information content (AvgIpc) is 2.92. The second kappa shape index (κ2) is 6.57. The molecule has 2 rings (SSSR count). The van der Waals surface area contributed by atoms with E-state index in [9.17, 15) is 9.90 Å². The van der Waals surface area contributed by atoms with E-state index in [0.29, 0.717) is 12.5 Å². The normalized spacial score (nSPS) is 13.9. The smallest absolute Gasteiger partial charge is 0.311 e. The number of aromatic nitrogens is 2. The second-order valence-electron chi connectivity index (χ2n) is 5.55. The standard InChI is InChI=1S/C17H22N2O2/c1-4-13(3)19-9-8-15(18-19)11-16(17(20)21)14-7-5-6-12(2)10-14/h5-10,13,16H,4,11H2,1-3H3,(H,20,21). The number of benzene rings is 1. The largest absolute Gasteiger partial charge is 0.481 e. The van der Waals surface area contributed by atoms with Gasteiger partial charge in [0.2, 0.25) is 0 Å². The molecule has 4 nitrogen and oxygen atoms in total. The maximum Gasteiger partial charge on any atom is 0.311 e. The SMILES string of the molecule is CCC(C)n1ccc(CC(C(=O)O)c2cccc(C)c2)n1. The van der Waals surface area contributed by atoms with Gasteiger partial charge in [-0.25, -0.2) is 0 Å². The van der Waals surface area contributed by atoms with Gasteiger partial charge >= 0.3 is 5.97 Å². The van der Waals surface area contributed by atoms with Crippen molar-refractivity contribution < 1.29 is 9.90 Å². The Hall–Kier alpha value is -2.10. The van der Waals surface area contributed by atoms with Crippen LogP contribution < -0.4 is 0 Å². The Morgan fingerprint density at radius 3 is 2.76 bits per heavy atom. The summed E-state index contributed by atoms with van der Waals surface area (Å²) in [6.45, 7) is 6.19. The van der Waals surface area contributed by atoms with Crippen molar-refractivity contribution in [2.75, 3.05) is 0 Å². The summed E-state index contributed by atoms with van der Waals surface area (Å²) in [6.07, 6.45) is 3.35. The monoisotopic (exact) mass is 286 g/mol. The molecule has 0 aliphatic rings. The van der Waals surface area contributed by atoms with Gasteiger partial charge in [-0.15, -0.1) is 0 Å². The van der Waals surface area contributed by atoms with Crippen molar-refractivity contribution in [2.24, 2.45) is 0 Å². The number of carbonyl (C=O) groups is 1. The van der Waals surface area contributed by atoms with Crippen molar-refractivity contribution >= 4 is 5.97 Å². The molecule has 2 aromatic rings. The molecule has 0 aliphatic heterocycles. The Labute approximate surface area is 125 Å². The summed E-state index contributed by atoms with van der Waals surface area (Å²) in [7, 11) is 0. The molecule has 112 valence electrons. The Morgan fingerprint density at radius 2 is 2.14 bits per heavy atom. The molecule has 2 atom stereocenters. The number of rotatable bonds is 6. The second-order valence-corrected chi connectivity index (χ2v) is 5.55. The number of hydrogen-bond donors (Lipinski definition) is 1. The minimum Gasteiger partial charge on any atom is -0.481 e. The third-order valence-corrected chi connectivity index (χ3v) is 3.86. The fourth-order valence-corrected chi connectivity index (χ4v) is 2.36. The molecular weight excluding hydrogens is 264 g/mol. The minimum atomic E-state index is -0.807. The molecule has 1 aromatic carbocycles. The van der Waals surface area contributed by atoms with Gasteiger partial charge in [0, 0.05) is 18.7 Å². The Kier molecular flexibility index (Phi) is 4.78. The molecule has 21 heavy (non-hydrogen) atoms. The van der Waals surface area contributed by atoms with Crippen molar-refractivity contribution in [2.45, 2.75) is 45.6 Å². The van der Waals surface area contributed by atoms with E-state index in [4.69, 9.17) is 0 Å². The highest BCUT2D eigenvalue weighted by Crippen LogP contribution is 2.22. The van der Waals surface area contributed by atoms with Crippen LogP contribution in [0.1, 0.15) is 49.0 Å². The first-order chi connectivity index (χ1) is 10.0. The summed E-state index contributed by atoms with van der Waals surface area (Å²) in [5.74, 6) is -1.36. The summed E-state index contributed by atoms with van der Waals surface area (Å²) < 4.78 is 1.91. The van der Waals surface area contributed by atoms with Crippen LogP contribution in [-0.2, 0) is 11.2 Å². The number of aryl methyl sites for hydroxylation is 1. The molecule has 0 saturated heterocycles. The van der Waals surface area contributed by atoms with Gasteiger partial charge in [0.05, 0.1) is 11.6 Å². The van der Waals surface area contributed by atoms with Crippen LogP contribution in [0, 0.1) is 6.92 Å². The van der Waals surface area contributed by atoms with E-state index < -0.39 is 11.9 Å². The van der Waals surface area contributed by atoms with Gasteiger partial charge in [-0.3, -0.25) is 9.48 Å². The lowest BCUT2D eigenvalue weighted by Crippen LogP contribution is -2.15. The predicted octanol–water partition coefficient (Wildman–Crippen LogP) is 3.57. The van der Waals surface area contributed by atoms with Crippen molar-refractivity contribution in [3.63, 3.8) is 0 Å². The van der Waals surface area contributed by atoms with Crippen molar-refractivity contribution in [1.82, 2.24) is 9.78 Å². The van der Waals surface area contributed by atoms with E-state index in [1.807, 2.05) is 48.1 Å². The van der Waals surface area contributed by atoms with Gasteiger partial charge < -0.3 is 5.11 Å². The number of nitrogens with zero attached hydrogens (tertiary/aromatic N) is 2. The first-order valence-electron chi connectivity index (χ1n) is 7.34. The van der Waals surface area contributed by atoms with Crippen LogP contribution in [0.4, 0.5) is 0 Å². The molecule has 0 fully saturated rings. The third kappa shape index (κ3) is 3.72. The quantitative estimate of drug-likeness (QED) is 0.883. The number of carboxylic acids is 1. The highest BCUT2D eigenvalue weighted by atomic mass is 16.4. The molecule has 0 aliphatic carbocycles. The minimum absolute atomic E-state index is 0.334. The van der Waals surface area contributed by atoms with Crippen LogP contribution in [0.5, 0.6) is 0 Å². The van der Waals surface area contributed by atoms with Crippen LogP contribution in [0.3, 0.4) is 0 Å². The van der Waals surface area contributed by atoms with Gasteiger partial charge in [-0.1, -0.05) is 36.8 Å². The lowest BCUT2D eigenvalue weighted by molar-refractivity contribution is -0.138. The Morgan fingerprint density at radius 1 is 1.38 bits per heavy atom. The molecular formula is C17H22N2O2. The van der Waals surface area contributed by atoms with Crippen LogP contribution in [0.25, 0.3) is 0 Å². The van der Waals surface area contributed by atoms with Crippen LogP contribution in [0.15, 0.2) is 36.5 Å². The lowest BCUT2D eigenvalue weighted by Gasteiger charge is -2.12. The van der Waals surface area contributed by atoms with Gasteiger partial charge in [0.15, 0.2) is 0 Å². The van der Waals surface area contributed by atoms with Gasteiger partial charge in [0.25, 0.3) is 0 Å². The first-order valence-corrected chi connectivity index (χ1v) is 7.34. The Bertz CT molecular complexity index is 619. The van der Waals surface area contributed by atoms with Crippen LogP contribution in [0.2, 0.25) is 0 Å². The molecule has 4 heteroatoms. The zero-order valence-electron chi connectivity index (χ0n) is 12.8. The summed E-state index contributed by atoms with van der Waals surface area (Å²) in [5.41, 5.74) is 2.73. The summed E-state index contributed by atoms with van der Waals surface area (Å²) in [6, 6.07) is 9.93. The first kappa shape index (κ1) is 15.3. The summed E-state index contributed by atoms with van der Waals surface area (Å²) >= 11 is 0. The average molecular weight is 286 g/mol. The third-order valence-electron chi connectivity index (χ3n) is 3.86. The number of hydrogen-bond acceptors (Lipinski definition) is 2. The summed E-state index contributed by atoms with van der Waals surface area (Å²) in [5, 5.41) is 14.0. The van der Waals surface area contributed by atoms with Gasteiger partial charge in [0.1, 0.15) is 0 Å². The fourth-order valence-electron chi connectivity index (χ4n) is 2.36. The maximum atomic E-state index is 11.6. The molecule has 0 amide bonds. The zero-order valence-corrected chi connectivity index (χ0v) is 12.8. The topological polar surface area (TPSA) is 55.1 Å². The van der Waals surface area contributed by atoms with E-state index in [1.165, 1.54) is 0 Å². The zero-order chi connectivity index (χ0) is 15.4. The van der Waals surface area contributed by atoms with Gasteiger partial charge in [-0.2, -0.15) is 5.10 Å². The molecule has 1 aromatic heterocycles. The fraction of sp³-hybridized carbons (Fsp3) is 0.412. The summed E-state index contributed by atoms with van der Waals surface area (Å²) in [4.78, 5) is 11.6. The number of carboxylic acid groups (broad SMARTS) is 1. The molecule has 0 spiro atoms. The van der Waals surface area contributed by atoms with E-state index >= 15 is 0 Å². The molecule has 0 bridgehead atoms. The molecule has 0 saturated carbocycles. The highest BCUT2D eigenvalue weighted by Gasteiger charge is 2.21. The molecule has 0 radical (unpaired) electrons. The predicted molar refractivity (Wildman–Crippen MR) is 82.5 cm³/mol. The van der Waals surface area contributed by atoms with Crippen molar-refractivity contribution in [3.05, 3.63) is 53.3 Å². The van der Waals surface area contributed by atoms with E-state index in [1.54, 1.807) is 0 Å². The van der Waals surface area contributed by atoms with Crippen molar-refractivity contribution in [3.8, 4) is 0 Å². The van der Waals surface area contributed by atoms with Crippen molar-refractivity contribution in [1.29, 1.82) is 0 Å². The lowest BCUT2D eigenvalue weighted by atomic mass is 9.93. The molecule has 1 heterocycles. The Balaban J connectivity index is 2.21. The van der Waals surface area contributed by atoms with E-state index in [-0.39, 0.29) is 0 Å². The van der Waals surface area contributed by atoms with Crippen LogP contribution in [-0.4, -0.2) is 20.9 Å². The highest BCUT2D eigenvalue weighted by molar-refractivity contribution is 5.76.